The molecule has 2 aromatic carbocycles. The number of para-hydroxylation sites is 2. The SMILES string of the molecule is CC[C@H](C(=N)C(C(=O)C(C(=N)[C@@H](CC)c1ccnc(-c2c[nH]c3ccccc23)c1)[C@@H](N)C1CCCCC1)[C@@H](N)C1CCCCC1)c1ccnc(-c2c[nH]c3ccccc23)c1. The van der Waals surface area contributed by atoms with Crippen LogP contribution in [0.3, 0.4) is 0 Å². The van der Waals surface area contributed by atoms with Crippen LogP contribution in [0.15, 0.2) is 97.6 Å². The van der Waals surface area contributed by atoms with Crippen LogP contribution in [0, 0.1) is 34.5 Å². The van der Waals surface area contributed by atoms with E-state index in [1.807, 2.05) is 61.2 Å². The second-order valence-electron chi connectivity index (χ2n) is 17.6. The maximum absolute atomic E-state index is 15.9. The predicted octanol–water partition coefficient (Wildman–Crippen LogP) is 11.1. The number of carbonyl (C=O) groups is 1. The number of nitrogens with zero attached hydrogens (tertiary/aromatic N) is 2. The molecule has 312 valence electrons. The zero-order chi connectivity index (χ0) is 41.8. The molecular weight excluding hydrogens is 741 g/mol. The van der Waals surface area contributed by atoms with E-state index in [1.54, 1.807) is 0 Å². The first-order valence-corrected chi connectivity index (χ1v) is 22.5. The molecule has 60 heavy (non-hydrogen) atoms. The van der Waals surface area contributed by atoms with Gasteiger partial charge >= 0.3 is 0 Å². The number of benzene rings is 2. The maximum atomic E-state index is 15.9. The number of aromatic nitrogens is 4. The van der Waals surface area contributed by atoms with Crippen LogP contribution in [0.5, 0.6) is 0 Å². The summed E-state index contributed by atoms with van der Waals surface area (Å²) in [6, 6.07) is 23.5. The highest BCUT2D eigenvalue weighted by Gasteiger charge is 2.46. The second kappa shape index (κ2) is 18.6. The Labute approximate surface area is 354 Å². The van der Waals surface area contributed by atoms with E-state index in [4.69, 9.17) is 21.4 Å². The van der Waals surface area contributed by atoms with E-state index in [-0.39, 0.29) is 29.5 Å². The predicted molar refractivity (Wildman–Crippen MR) is 246 cm³/mol. The fraction of sp³-hybridized carbons (Fsp3) is 0.431. The maximum Gasteiger partial charge on any atom is 0.153 e. The highest BCUT2D eigenvalue weighted by Crippen LogP contribution is 2.40. The van der Waals surface area contributed by atoms with E-state index in [1.165, 1.54) is 0 Å². The van der Waals surface area contributed by atoms with Crippen LogP contribution in [0.25, 0.3) is 44.3 Å². The Morgan fingerprint density at radius 3 is 1.43 bits per heavy atom. The van der Waals surface area contributed by atoms with E-state index in [0.29, 0.717) is 24.3 Å². The Morgan fingerprint density at radius 2 is 1.03 bits per heavy atom. The normalized spacial score (nSPS) is 18.5. The first-order chi connectivity index (χ1) is 29.3. The Balaban J connectivity index is 1.18. The Bertz CT molecular complexity index is 2270. The highest BCUT2D eigenvalue weighted by molar-refractivity contribution is 6.16. The van der Waals surface area contributed by atoms with Crippen molar-refractivity contribution in [3.8, 4) is 22.5 Å². The molecule has 0 bridgehead atoms. The number of nitrogens with one attached hydrogen (secondary N) is 4. The molecule has 2 unspecified atom stereocenters. The molecule has 6 aromatic rings. The van der Waals surface area contributed by atoms with Crippen molar-refractivity contribution in [3.63, 3.8) is 0 Å². The van der Waals surface area contributed by atoms with Gasteiger partial charge in [0.1, 0.15) is 0 Å². The topological polar surface area (TPSA) is 174 Å². The molecule has 9 heteroatoms. The van der Waals surface area contributed by atoms with Gasteiger partial charge in [0.2, 0.25) is 0 Å². The van der Waals surface area contributed by atoms with E-state index in [9.17, 15) is 10.8 Å². The van der Waals surface area contributed by atoms with Crippen molar-refractivity contribution in [1.29, 1.82) is 10.8 Å². The lowest BCUT2D eigenvalue weighted by atomic mass is 9.66. The van der Waals surface area contributed by atoms with E-state index in [0.717, 1.165) is 120 Å². The first-order valence-electron chi connectivity index (χ1n) is 22.5. The van der Waals surface area contributed by atoms with Crippen molar-refractivity contribution in [2.45, 2.75) is 115 Å². The molecule has 2 aliphatic rings. The van der Waals surface area contributed by atoms with Crippen LogP contribution >= 0.6 is 0 Å². The van der Waals surface area contributed by atoms with Crippen molar-refractivity contribution in [1.82, 2.24) is 19.9 Å². The summed E-state index contributed by atoms with van der Waals surface area (Å²) in [6.45, 7) is 4.18. The molecule has 0 amide bonds. The van der Waals surface area contributed by atoms with Gasteiger partial charge in [-0.25, -0.2) is 0 Å². The van der Waals surface area contributed by atoms with Crippen LogP contribution in [0.4, 0.5) is 0 Å². The smallest absolute Gasteiger partial charge is 0.153 e. The average molecular weight is 803 g/mol. The summed E-state index contributed by atoms with van der Waals surface area (Å²) >= 11 is 0. The molecule has 4 aromatic heterocycles. The summed E-state index contributed by atoms with van der Waals surface area (Å²) in [5, 5.41) is 22.5. The lowest BCUT2D eigenvalue weighted by molar-refractivity contribution is -0.124. The Hall–Kier alpha value is -5.25. The number of hydrogen-bond donors (Lipinski definition) is 6. The van der Waals surface area contributed by atoms with Gasteiger partial charge in [-0.15, -0.1) is 0 Å². The van der Waals surface area contributed by atoms with Crippen molar-refractivity contribution in [2.24, 2.45) is 35.1 Å². The standard InChI is InChI=1S/C51H62N8O/c1-3-35(33-23-25-56-43(27-33)39-29-58-41-21-13-11-19-37(39)41)49(54)45(47(52)31-15-7-5-8-16-31)51(60)46(48(53)32-17-9-6-10-18-32)50(55)36(4-2)34-24-26-57-44(28-34)40-30-59-42-22-14-12-20-38(40)42/h11-14,19-32,35-36,45-48,54-55,58-59H,3-10,15-18,52-53H2,1-2H3/t35-,36-,45?,46?,47-,48-/m0/s1. The molecule has 4 heterocycles. The molecule has 2 aliphatic carbocycles. The van der Waals surface area contributed by atoms with Crippen molar-refractivity contribution in [3.05, 3.63) is 109 Å². The largest absolute Gasteiger partial charge is 0.360 e. The molecule has 2 saturated carbocycles. The van der Waals surface area contributed by atoms with Crippen molar-refractivity contribution >= 4 is 39.0 Å². The number of fused-ring (bicyclic) bond motifs is 2. The highest BCUT2D eigenvalue weighted by atomic mass is 16.1. The molecule has 0 radical (unpaired) electrons. The third-order valence-corrected chi connectivity index (χ3v) is 14.1. The van der Waals surface area contributed by atoms with Gasteiger partial charge in [0.25, 0.3) is 0 Å². The number of pyridine rings is 2. The molecule has 0 saturated heterocycles. The van der Waals surface area contributed by atoms with E-state index in [2.05, 4.69) is 60.2 Å². The van der Waals surface area contributed by atoms with Gasteiger partial charge in [0.15, 0.2) is 5.78 Å². The summed E-state index contributed by atoms with van der Waals surface area (Å²) in [5.41, 5.74) is 23.1. The van der Waals surface area contributed by atoms with Crippen molar-refractivity contribution in [2.75, 3.05) is 0 Å². The molecule has 2 fully saturated rings. The summed E-state index contributed by atoms with van der Waals surface area (Å²) < 4.78 is 0. The number of nitrogens with two attached hydrogens (primary N) is 2. The second-order valence-corrected chi connectivity index (χ2v) is 17.6. The quantitative estimate of drug-likeness (QED) is 0.0533. The van der Waals surface area contributed by atoms with Gasteiger partial charge in [0.05, 0.1) is 23.2 Å². The number of hydrogen-bond acceptors (Lipinski definition) is 7. The minimum absolute atomic E-state index is 0.117. The third-order valence-electron chi connectivity index (χ3n) is 14.1. The zero-order valence-electron chi connectivity index (χ0n) is 35.3. The number of carbonyl (C=O) groups excluding carboxylic acids is 1. The summed E-state index contributed by atoms with van der Waals surface area (Å²) in [6.07, 6.45) is 19.3. The molecule has 0 aliphatic heterocycles. The number of H-pyrrole nitrogens is 2. The van der Waals surface area contributed by atoms with E-state index < -0.39 is 23.9 Å². The van der Waals surface area contributed by atoms with Crippen LogP contribution in [-0.4, -0.2) is 49.2 Å². The fourth-order valence-electron chi connectivity index (χ4n) is 10.8. The van der Waals surface area contributed by atoms with Crippen LogP contribution in [-0.2, 0) is 4.79 Å². The van der Waals surface area contributed by atoms with Crippen LogP contribution < -0.4 is 11.5 Å². The van der Waals surface area contributed by atoms with Gasteiger partial charge in [0, 0.05) is 93.1 Å². The summed E-state index contributed by atoms with van der Waals surface area (Å²) in [4.78, 5) is 32.3. The molecule has 8 N–H and O–H groups in total. The third kappa shape index (κ3) is 8.26. The number of Topliss-reactive ketones (excluding diaryl/α,β-unsaturated/α-hetero) is 1. The van der Waals surface area contributed by atoms with Crippen LogP contribution in [0.1, 0.15) is 114 Å². The van der Waals surface area contributed by atoms with Gasteiger partial charge in [-0.2, -0.15) is 0 Å². The van der Waals surface area contributed by atoms with Gasteiger partial charge in [-0.1, -0.05) is 88.8 Å². The summed E-state index contributed by atoms with van der Waals surface area (Å²) in [5.74, 6) is -2.38. The van der Waals surface area contributed by atoms with Crippen LogP contribution in [0.2, 0.25) is 0 Å². The first kappa shape index (κ1) is 41.5. The monoisotopic (exact) mass is 803 g/mol. The number of rotatable bonds is 16. The molecular formula is C51H62N8O. The number of ketones is 1. The lowest BCUT2D eigenvalue weighted by Gasteiger charge is -2.40. The molecule has 9 nitrogen and oxygen atoms in total. The molecule has 0 spiro atoms. The van der Waals surface area contributed by atoms with Crippen molar-refractivity contribution < 1.29 is 4.79 Å². The molecule has 6 atom stereocenters. The Kier molecular flexibility index (Phi) is 12.8. The van der Waals surface area contributed by atoms with Gasteiger partial charge < -0.3 is 32.3 Å². The summed E-state index contributed by atoms with van der Waals surface area (Å²) in [7, 11) is 0. The fourth-order valence-corrected chi connectivity index (χ4v) is 10.8. The van der Waals surface area contributed by atoms with Gasteiger partial charge in [-0.3, -0.25) is 14.8 Å². The number of aromatic amines is 2. The average Bonchev–Trinajstić information content (AvgIpc) is 3.93. The van der Waals surface area contributed by atoms with E-state index >= 15 is 4.79 Å². The lowest BCUT2D eigenvalue weighted by Crippen LogP contribution is -2.55. The zero-order valence-corrected chi connectivity index (χ0v) is 35.3. The van der Waals surface area contributed by atoms with Gasteiger partial charge in [-0.05, 0) is 97.9 Å². The minimum atomic E-state index is -0.875. The minimum Gasteiger partial charge on any atom is -0.360 e. The molecule has 8 rings (SSSR count). The Morgan fingerprint density at radius 1 is 0.633 bits per heavy atom.